The predicted molar refractivity (Wildman–Crippen MR) is 74.5 cm³/mol. The molecule has 102 valence electrons. The minimum Gasteiger partial charge on any atom is -0.327 e. The van der Waals surface area contributed by atoms with Gasteiger partial charge in [0.1, 0.15) is 0 Å². The minimum absolute atomic E-state index is 0.00222. The van der Waals surface area contributed by atoms with Crippen LogP contribution in [0.3, 0.4) is 0 Å². The van der Waals surface area contributed by atoms with Crippen molar-refractivity contribution < 1.29 is 8.42 Å². The van der Waals surface area contributed by atoms with Crippen LogP contribution in [-0.2, 0) is 15.8 Å². The Morgan fingerprint density at radius 1 is 1.22 bits per heavy atom. The molecule has 0 amide bonds. The topological polar surface area (TPSA) is 72.2 Å². The van der Waals surface area contributed by atoms with E-state index in [0.717, 1.165) is 12.0 Å². The molecule has 0 heterocycles. The summed E-state index contributed by atoms with van der Waals surface area (Å²) in [5.41, 5.74) is 6.63. The van der Waals surface area contributed by atoms with Crippen molar-refractivity contribution in [3.8, 4) is 0 Å². The third kappa shape index (κ3) is 6.14. The molecule has 1 unspecified atom stereocenters. The molecule has 1 aromatic carbocycles. The molecule has 3 N–H and O–H groups in total. The van der Waals surface area contributed by atoms with Crippen LogP contribution < -0.4 is 10.5 Å². The molecule has 0 saturated heterocycles. The summed E-state index contributed by atoms with van der Waals surface area (Å²) in [5.74, 6) is 0.473. The second kappa shape index (κ2) is 6.87. The number of rotatable bonds is 7. The molecular formula is C13H22N2O2S. The van der Waals surface area contributed by atoms with Gasteiger partial charge < -0.3 is 5.73 Å². The predicted octanol–water partition coefficient (Wildman–Crippen LogP) is 1.48. The largest absolute Gasteiger partial charge is 0.327 e. The van der Waals surface area contributed by atoms with Gasteiger partial charge in [0.2, 0.25) is 10.0 Å². The van der Waals surface area contributed by atoms with E-state index in [-0.39, 0.29) is 11.8 Å². The van der Waals surface area contributed by atoms with Crippen LogP contribution in [0.2, 0.25) is 0 Å². The number of benzene rings is 1. The molecule has 1 atom stereocenters. The Kier molecular flexibility index (Phi) is 5.78. The van der Waals surface area contributed by atoms with E-state index in [1.54, 1.807) is 12.1 Å². The van der Waals surface area contributed by atoms with Crippen LogP contribution in [-0.4, -0.2) is 21.0 Å². The van der Waals surface area contributed by atoms with Gasteiger partial charge in [-0.3, -0.25) is 0 Å². The van der Waals surface area contributed by atoms with Gasteiger partial charge >= 0.3 is 0 Å². The van der Waals surface area contributed by atoms with E-state index in [0.29, 0.717) is 12.5 Å². The number of hydrogen-bond acceptors (Lipinski definition) is 3. The van der Waals surface area contributed by atoms with Crippen molar-refractivity contribution in [3.05, 3.63) is 35.9 Å². The van der Waals surface area contributed by atoms with Gasteiger partial charge in [0, 0.05) is 12.6 Å². The highest BCUT2D eigenvalue weighted by Gasteiger charge is 2.13. The van der Waals surface area contributed by atoms with Crippen molar-refractivity contribution in [3.63, 3.8) is 0 Å². The molecule has 18 heavy (non-hydrogen) atoms. The second-order valence-corrected chi connectivity index (χ2v) is 6.79. The molecule has 0 aliphatic rings. The molecular weight excluding hydrogens is 248 g/mol. The third-order valence-corrected chi connectivity index (χ3v) is 3.86. The summed E-state index contributed by atoms with van der Waals surface area (Å²) < 4.78 is 26.2. The van der Waals surface area contributed by atoms with Crippen LogP contribution in [0, 0.1) is 5.92 Å². The number of nitrogens with two attached hydrogens (primary N) is 1. The van der Waals surface area contributed by atoms with Crippen LogP contribution in [0.15, 0.2) is 30.3 Å². The minimum atomic E-state index is -3.30. The molecule has 5 heteroatoms. The van der Waals surface area contributed by atoms with Gasteiger partial charge in [-0.2, -0.15) is 0 Å². The van der Waals surface area contributed by atoms with Gasteiger partial charge in [0.25, 0.3) is 0 Å². The van der Waals surface area contributed by atoms with E-state index in [4.69, 9.17) is 5.73 Å². The number of nitrogens with one attached hydrogen (secondary N) is 1. The maximum Gasteiger partial charge on any atom is 0.215 e. The van der Waals surface area contributed by atoms with Crippen molar-refractivity contribution in [1.29, 1.82) is 0 Å². The van der Waals surface area contributed by atoms with E-state index in [1.165, 1.54) is 0 Å². The lowest BCUT2D eigenvalue weighted by atomic mass is 10.1. The van der Waals surface area contributed by atoms with Gasteiger partial charge in [-0.15, -0.1) is 0 Å². The van der Waals surface area contributed by atoms with Gasteiger partial charge in [-0.25, -0.2) is 13.1 Å². The smallest absolute Gasteiger partial charge is 0.215 e. The first kappa shape index (κ1) is 15.1. The molecule has 1 aromatic rings. The lowest BCUT2D eigenvalue weighted by molar-refractivity contribution is 0.485. The fraction of sp³-hybridized carbons (Fsp3) is 0.538. The highest BCUT2D eigenvalue weighted by Crippen LogP contribution is 2.05. The fourth-order valence-electron chi connectivity index (χ4n) is 1.77. The Labute approximate surface area is 110 Å². The highest BCUT2D eigenvalue weighted by molar-refractivity contribution is 7.88. The Morgan fingerprint density at radius 2 is 1.83 bits per heavy atom. The number of hydrogen-bond donors (Lipinski definition) is 2. The summed E-state index contributed by atoms with van der Waals surface area (Å²) in [5, 5.41) is 0. The molecule has 0 saturated carbocycles. The summed E-state index contributed by atoms with van der Waals surface area (Å²) in [6.07, 6.45) is 0.813. The average Bonchev–Trinajstić information content (AvgIpc) is 2.26. The van der Waals surface area contributed by atoms with E-state index in [9.17, 15) is 8.42 Å². The Morgan fingerprint density at radius 3 is 2.39 bits per heavy atom. The maximum atomic E-state index is 11.8. The Balaban J connectivity index is 2.46. The lowest BCUT2D eigenvalue weighted by Crippen LogP contribution is -2.38. The molecule has 0 bridgehead atoms. The summed E-state index contributed by atoms with van der Waals surface area (Å²) >= 11 is 0. The van der Waals surface area contributed by atoms with Gasteiger partial charge in [-0.1, -0.05) is 44.2 Å². The van der Waals surface area contributed by atoms with Gasteiger partial charge in [0.15, 0.2) is 0 Å². The van der Waals surface area contributed by atoms with Crippen LogP contribution in [0.25, 0.3) is 0 Å². The van der Waals surface area contributed by atoms with E-state index >= 15 is 0 Å². The SMILES string of the molecule is CC(C)CC(N)CNS(=O)(=O)Cc1ccccc1. The second-order valence-electron chi connectivity index (χ2n) is 4.98. The van der Waals surface area contributed by atoms with Gasteiger partial charge in [0.05, 0.1) is 5.75 Å². The lowest BCUT2D eigenvalue weighted by Gasteiger charge is -2.15. The van der Waals surface area contributed by atoms with Crippen molar-refractivity contribution in [2.75, 3.05) is 6.54 Å². The third-order valence-electron chi connectivity index (χ3n) is 2.54. The first-order valence-corrected chi connectivity index (χ1v) is 7.81. The van der Waals surface area contributed by atoms with E-state index < -0.39 is 10.0 Å². The van der Waals surface area contributed by atoms with Crippen LogP contribution in [0.4, 0.5) is 0 Å². The summed E-state index contributed by atoms with van der Waals surface area (Å²) in [6, 6.07) is 8.99. The Bertz CT molecular complexity index is 443. The molecule has 0 aliphatic heterocycles. The molecule has 0 aliphatic carbocycles. The maximum absolute atomic E-state index is 11.8. The van der Waals surface area contributed by atoms with Crippen LogP contribution >= 0.6 is 0 Å². The molecule has 1 rings (SSSR count). The molecule has 0 aromatic heterocycles. The monoisotopic (exact) mass is 270 g/mol. The first-order chi connectivity index (χ1) is 8.39. The van der Waals surface area contributed by atoms with Crippen molar-refractivity contribution in [2.45, 2.75) is 32.1 Å². The standard InChI is InChI=1S/C13H22N2O2S/c1-11(2)8-13(14)9-15-18(16,17)10-12-6-4-3-5-7-12/h3-7,11,13,15H,8-10,14H2,1-2H3. The van der Waals surface area contributed by atoms with E-state index in [1.807, 2.05) is 18.2 Å². The summed E-state index contributed by atoms with van der Waals surface area (Å²) in [6.45, 7) is 4.43. The normalized spacial score (nSPS) is 13.8. The average molecular weight is 270 g/mol. The van der Waals surface area contributed by atoms with Crippen LogP contribution in [0.5, 0.6) is 0 Å². The van der Waals surface area contributed by atoms with Crippen molar-refractivity contribution >= 4 is 10.0 Å². The number of sulfonamides is 1. The quantitative estimate of drug-likeness (QED) is 0.788. The summed E-state index contributed by atoms with van der Waals surface area (Å²) in [7, 11) is -3.30. The Hall–Kier alpha value is -0.910. The molecule has 0 spiro atoms. The fourth-order valence-corrected chi connectivity index (χ4v) is 2.97. The molecule has 0 fully saturated rings. The van der Waals surface area contributed by atoms with Crippen molar-refractivity contribution in [2.24, 2.45) is 11.7 Å². The van der Waals surface area contributed by atoms with Gasteiger partial charge in [-0.05, 0) is 17.9 Å². The van der Waals surface area contributed by atoms with Crippen molar-refractivity contribution in [1.82, 2.24) is 4.72 Å². The first-order valence-electron chi connectivity index (χ1n) is 6.16. The molecule has 4 nitrogen and oxygen atoms in total. The summed E-state index contributed by atoms with van der Waals surface area (Å²) in [4.78, 5) is 0. The van der Waals surface area contributed by atoms with Crippen LogP contribution in [0.1, 0.15) is 25.8 Å². The zero-order valence-electron chi connectivity index (χ0n) is 11.0. The highest BCUT2D eigenvalue weighted by atomic mass is 32.2. The zero-order valence-corrected chi connectivity index (χ0v) is 11.8. The zero-order chi connectivity index (χ0) is 13.6. The van der Waals surface area contributed by atoms with E-state index in [2.05, 4.69) is 18.6 Å². The molecule has 0 radical (unpaired) electrons.